The summed E-state index contributed by atoms with van der Waals surface area (Å²) in [6, 6.07) is 18.4. The highest BCUT2D eigenvalue weighted by Crippen LogP contribution is 2.23. The Morgan fingerprint density at radius 1 is 0.846 bits per heavy atom. The van der Waals surface area contributed by atoms with Crippen molar-refractivity contribution in [3.8, 4) is 0 Å². The maximum Gasteiger partial charge on any atom is 0.0545 e. The predicted octanol–water partition coefficient (Wildman–Crippen LogP) is 2.92. The van der Waals surface area contributed by atoms with E-state index in [9.17, 15) is 0 Å². The summed E-state index contributed by atoms with van der Waals surface area (Å²) in [5, 5.41) is 2.43. The zero-order valence-electron chi connectivity index (χ0n) is 6.96. The van der Waals surface area contributed by atoms with Gasteiger partial charge in [0, 0.05) is 22.9 Å². The molecular formula is C12H7N. The third kappa shape index (κ3) is 0.872. The van der Waals surface area contributed by atoms with Gasteiger partial charge in [-0.2, -0.15) is 0 Å². The minimum atomic E-state index is 1.06. The van der Waals surface area contributed by atoms with Gasteiger partial charge in [-0.25, -0.2) is 0 Å². The molecule has 2 radical (unpaired) electrons. The lowest BCUT2D eigenvalue weighted by Crippen LogP contribution is -1.64. The molecule has 0 saturated heterocycles. The van der Waals surface area contributed by atoms with Gasteiger partial charge in [0.05, 0.1) is 11.0 Å². The van der Waals surface area contributed by atoms with Crippen molar-refractivity contribution >= 4 is 21.8 Å². The molecule has 0 amide bonds. The normalized spacial score (nSPS) is 11.1. The summed E-state index contributed by atoms with van der Waals surface area (Å²) in [7, 11) is 0. The number of H-pyrrole nitrogens is 1. The van der Waals surface area contributed by atoms with Crippen LogP contribution in [0.5, 0.6) is 0 Å². The van der Waals surface area contributed by atoms with Crippen molar-refractivity contribution in [2.45, 2.75) is 0 Å². The van der Waals surface area contributed by atoms with Gasteiger partial charge in [0.1, 0.15) is 0 Å². The van der Waals surface area contributed by atoms with Crippen LogP contribution < -0.4 is 0 Å². The monoisotopic (exact) mass is 165 g/mol. The van der Waals surface area contributed by atoms with Gasteiger partial charge in [-0.3, -0.25) is 0 Å². The molecular weight excluding hydrogens is 158 g/mol. The van der Waals surface area contributed by atoms with Crippen LogP contribution in [-0.2, 0) is 0 Å². The number of aromatic nitrogens is 1. The van der Waals surface area contributed by atoms with E-state index in [1.807, 2.05) is 24.3 Å². The van der Waals surface area contributed by atoms with Gasteiger partial charge in [-0.15, -0.1) is 0 Å². The Bertz CT molecular complexity index is 513. The maximum atomic E-state index is 3.27. The Morgan fingerprint density at radius 3 is 1.92 bits per heavy atom. The van der Waals surface area contributed by atoms with Crippen LogP contribution in [-0.4, -0.2) is 4.98 Å². The minimum absolute atomic E-state index is 1.06. The Kier molecular flexibility index (Phi) is 1.22. The number of fused-ring (bicyclic) bond motifs is 3. The summed E-state index contributed by atoms with van der Waals surface area (Å²) in [6.07, 6.45) is 0. The number of hydrogen-bond donors (Lipinski definition) is 1. The minimum Gasteiger partial charge on any atom is -0.353 e. The average molecular weight is 165 g/mol. The highest BCUT2D eigenvalue weighted by Gasteiger charge is 2.00. The lowest BCUT2D eigenvalue weighted by molar-refractivity contribution is 1.54. The molecule has 0 atom stereocenters. The molecule has 1 heteroatoms. The van der Waals surface area contributed by atoms with Crippen LogP contribution >= 0.6 is 0 Å². The number of rotatable bonds is 0. The van der Waals surface area contributed by atoms with Crippen molar-refractivity contribution in [1.82, 2.24) is 4.98 Å². The summed E-state index contributed by atoms with van der Waals surface area (Å²) in [4.78, 5) is 3.27. The van der Waals surface area contributed by atoms with Gasteiger partial charge in [0.2, 0.25) is 0 Å². The van der Waals surface area contributed by atoms with E-state index in [2.05, 4.69) is 29.2 Å². The van der Waals surface area contributed by atoms with Crippen LogP contribution in [0, 0.1) is 12.1 Å². The second kappa shape index (κ2) is 2.36. The number of nitrogens with one attached hydrogen (secondary N) is 1. The Balaban J connectivity index is 2.64. The Labute approximate surface area is 76.0 Å². The molecule has 0 aliphatic carbocycles. The molecule has 1 N–H and O–H groups in total. The predicted molar refractivity (Wildman–Crippen MR) is 53.5 cm³/mol. The largest absolute Gasteiger partial charge is 0.353 e. The number of para-hydroxylation sites is 2. The summed E-state index contributed by atoms with van der Waals surface area (Å²) < 4.78 is 0. The average Bonchev–Trinajstić information content (AvgIpc) is 2.56. The molecule has 0 saturated carbocycles. The molecule has 3 aromatic rings. The Hall–Kier alpha value is -1.76. The number of benzene rings is 2. The smallest absolute Gasteiger partial charge is 0.0545 e. The highest BCUT2D eigenvalue weighted by molar-refractivity contribution is 6.06. The second-order valence-electron chi connectivity index (χ2n) is 3.04. The van der Waals surface area contributed by atoms with Crippen LogP contribution in [0.2, 0.25) is 0 Å². The topological polar surface area (TPSA) is 15.8 Å². The van der Waals surface area contributed by atoms with E-state index in [0.717, 1.165) is 11.0 Å². The summed E-state index contributed by atoms with van der Waals surface area (Å²) >= 11 is 0. The van der Waals surface area contributed by atoms with E-state index in [0.29, 0.717) is 0 Å². The van der Waals surface area contributed by atoms with Gasteiger partial charge in [-0.1, -0.05) is 36.4 Å². The van der Waals surface area contributed by atoms with Crippen molar-refractivity contribution in [3.63, 3.8) is 0 Å². The zero-order chi connectivity index (χ0) is 8.67. The first-order valence-corrected chi connectivity index (χ1v) is 4.24. The molecule has 0 spiro atoms. The van der Waals surface area contributed by atoms with E-state index in [-0.39, 0.29) is 0 Å². The van der Waals surface area contributed by atoms with Gasteiger partial charge in [0.15, 0.2) is 0 Å². The van der Waals surface area contributed by atoms with E-state index >= 15 is 0 Å². The van der Waals surface area contributed by atoms with Gasteiger partial charge in [-0.05, 0) is 0 Å². The van der Waals surface area contributed by atoms with Crippen LogP contribution in [0.4, 0.5) is 0 Å². The molecule has 0 unspecified atom stereocenters. The van der Waals surface area contributed by atoms with Gasteiger partial charge < -0.3 is 4.98 Å². The van der Waals surface area contributed by atoms with Crippen molar-refractivity contribution in [2.75, 3.05) is 0 Å². The van der Waals surface area contributed by atoms with Crippen molar-refractivity contribution in [2.24, 2.45) is 0 Å². The van der Waals surface area contributed by atoms with E-state index in [1.54, 1.807) is 0 Å². The first kappa shape index (κ1) is 6.72. The third-order valence-electron chi connectivity index (χ3n) is 2.25. The van der Waals surface area contributed by atoms with Crippen molar-refractivity contribution in [3.05, 3.63) is 48.5 Å². The van der Waals surface area contributed by atoms with Crippen LogP contribution in [0.3, 0.4) is 0 Å². The molecule has 1 aromatic heterocycles. The Morgan fingerprint density at radius 2 is 1.38 bits per heavy atom. The SMILES string of the molecule is [c]1cccc2c1[nH]c1[c]cccc12. The molecule has 3 rings (SSSR count). The maximum absolute atomic E-state index is 3.27. The third-order valence-corrected chi connectivity index (χ3v) is 2.25. The summed E-state index contributed by atoms with van der Waals surface area (Å²) in [5.41, 5.74) is 2.11. The molecule has 0 aliphatic heterocycles. The van der Waals surface area contributed by atoms with Crippen LogP contribution in [0.1, 0.15) is 0 Å². The molecule has 1 heterocycles. The van der Waals surface area contributed by atoms with Gasteiger partial charge >= 0.3 is 0 Å². The molecule has 13 heavy (non-hydrogen) atoms. The van der Waals surface area contributed by atoms with Crippen molar-refractivity contribution in [1.29, 1.82) is 0 Å². The molecule has 0 aliphatic rings. The summed E-state index contributed by atoms with van der Waals surface area (Å²) in [5.74, 6) is 0. The molecule has 0 bridgehead atoms. The van der Waals surface area contributed by atoms with E-state index in [1.165, 1.54) is 10.8 Å². The first-order chi connectivity index (χ1) is 6.45. The number of aromatic amines is 1. The highest BCUT2D eigenvalue weighted by atomic mass is 14.7. The molecule has 0 fully saturated rings. The molecule has 2 aromatic carbocycles. The summed E-state index contributed by atoms with van der Waals surface area (Å²) in [6.45, 7) is 0. The van der Waals surface area contributed by atoms with Crippen molar-refractivity contribution < 1.29 is 0 Å². The lowest BCUT2D eigenvalue weighted by Gasteiger charge is -1.86. The lowest BCUT2D eigenvalue weighted by atomic mass is 10.2. The van der Waals surface area contributed by atoms with E-state index in [4.69, 9.17) is 0 Å². The second-order valence-corrected chi connectivity index (χ2v) is 3.04. The number of hydrogen-bond acceptors (Lipinski definition) is 0. The fraction of sp³-hybridized carbons (Fsp3) is 0. The van der Waals surface area contributed by atoms with Crippen LogP contribution in [0.15, 0.2) is 36.4 Å². The quantitative estimate of drug-likeness (QED) is 0.527. The standard InChI is InChI=1S/C12H7N/c1-3-7-11-9(5-1)10-6-2-4-8-12(10)13-11/h1-6,13H. The van der Waals surface area contributed by atoms with Crippen LogP contribution in [0.25, 0.3) is 21.8 Å². The first-order valence-electron chi connectivity index (χ1n) is 4.24. The molecule has 1 nitrogen and oxygen atoms in total. The van der Waals surface area contributed by atoms with Gasteiger partial charge in [0.25, 0.3) is 0 Å². The van der Waals surface area contributed by atoms with E-state index < -0.39 is 0 Å². The zero-order valence-corrected chi connectivity index (χ0v) is 6.96. The fourth-order valence-corrected chi connectivity index (χ4v) is 1.65. The molecule has 60 valence electrons. The fourth-order valence-electron chi connectivity index (χ4n) is 1.65.